The van der Waals surface area contributed by atoms with E-state index in [9.17, 15) is 5.11 Å². The maximum Gasteiger partial charge on any atom is 0.180 e. The normalized spacial score (nSPS) is 14.9. The quantitative estimate of drug-likeness (QED) is 0.612. The SMILES string of the molecule is COCCNCCC(C)(O)c1cnc(N)s1. The Morgan fingerprint density at radius 1 is 1.62 bits per heavy atom. The molecule has 0 spiro atoms. The molecule has 1 unspecified atom stereocenters. The summed E-state index contributed by atoms with van der Waals surface area (Å²) >= 11 is 1.33. The summed E-state index contributed by atoms with van der Waals surface area (Å²) in [6.07, 6.45) is 2.26. The number of hydrogen-bond acceptors (Lipinski definition) is 6. The van der Waals surface area contributed by atoms with Gasteiger partial charge in [0.15, 0.2) is 5.13 Å². The number of rotatable bonds is 7. The summed E-state index contributed by atoms with van der Waals surface area (Å²) < 4.78 is 4.91. The lowest BCUT2D eigenvalue weighted by atomic mass is 10.0. The number of ether oxygens (including phenoxy) is 1. The highest BCUT2D eigenvalue weighted by molar-refractivity contribution is 7.15. The van der Waals surface area contributed by atoms with Gasteiger partial charge in [0, 0.05) is 19.9 Å². The average molecular weight is 245 g/mol. The van der Waals surface area contributed by atoms with Crippen LogP contribution in [-0.2, 0) is 10.3 Å². The molecule has 0 aliphatic carbocycles. The molecular formula is C10H19N3O2S. The predicted octanol–water partition coefficient (Wildman–Crippen LogP) is 0.559. The van der Waals surface area contributed by atoms with Crippen LogP contribution in [0.3, 0.4) is 0 Å². The van der Waals surface area contributed by atoms with E-state index in [4.69, 9.17) is 10.5 Å². The van der Waals surface area contributed by atoms with E-state index in [-0.39, 0.29) is 0 Å². The highest BCUT2D eigenvalue weighted by Gasteiger charge is 2.24. The van der Waals surface area contributed by atoms with E-state index in [1.807, 2.05) is 0 Å². The van der Waals surface area contributed by atoms with E-state index in [0.29, 0.717) is 18.2 Å². The molecule has 0 radical (unpaired) electrons. The molecule has 0 amide bonds. The van der Waals surface area contributed by atoms with E-state index in [1.54, 1.807) is 20.2 Å². The summed E-state index contributed by atoms with van der Waals surface area (Å²) in [5.41, 5.74) is 4.67. The van der Waals surface area contributed by atoms with Crippen molar-refractivity contribution in [2.75, 3.05) is 32.5 Å². The van der Waals surface area contributed by atoms with E-state index < -0.39 is 5.60 Å². The van der Waals surface area contributed by atoms with Crippen molar-refractivity contribution in [3.8, 4) is 0 Å². The number of aromatic nitrogens is 1. The second-order valence-corrected chi connectivity index (χ2v) is 4.89. The molecule has 0 aliphatic heterocycles. The van der Waals surface area contributed by atoms with Crippen LogP contribution in [0.15, 0.2) is 6.20 Å². The Hall–Kier alpha value is -0.690. The molecule has 0 bridgehead atoms. The van der Waals surface area contributed by atoms with Gasteiger partial charge in [-0.3, -0.25) is 0 Å². The van der Waals surface area contributed by atoms with Crippen LogP contribution in [0.25, 0.3) is 0 Å². The van der Waals surface area contributed by atoms with Gasteiger partial charge in [-0.05, 0) is 19.9 Å². The minimum absolute atomic E-state index is 0.489. The van der Waals surface area contributed by atoms with Crippen molar-refractivity contribution in [2.45, 2.75) is 18.9 Å². The van der Waals surface area contributed by atoms with Gasteiger partial charge in [0.2, 0.25) is 0 Å². The number of hydrogen-bond donors (Lipinski definition) is 3. The molecule has 5 nitrogen and oxygen atoms in total. The Morgan fingerprint density at radius 3 is 2.94 bits per heavy atom. The van der Waals surface area contributed by atoms with Gasteiger partial charge < -0.3 is 20.9 Å². The number of nitrogens with one attached hydrogen (secondary N) is 1. The Kier molecular flexibility index (Phi) is 5.14. The highest BCUT2D eigenvalue weighted by Crippen LogP contribution is 2.29. The Balaban J connectivity index is 2.34. The van der Waals surface area contributed by atoms with Crippen LogP contribution in [0.2, 0.25) is 0 Å². The first-order valence-electron chi connectivity index (χ1n) is 5.20. The molecule has 92 valence electrons. The highest BCUT2D eigenvalue weighted by atomic mass is 32.1. The number of thiazole rings is 1. The third-order valence-electron chi connectivity index (χ3n) is 2.33. The summed E-state index contributed by atoms with van der Waals surface area (Å²) in [6.45, 7) is 3.97. The van der Waals surface area contributed by atoms with E-state index in [0.717, 1.165) is 18.0 Å². The summed E-state index contributed by atoms with van der Waals surface area (Å²) in [7, 11) is 1.66. The summed E-state index contributed by atoms with van der Waals surface area (Å²) in [5.74, 6) is 0. The van der Waals surface area contributed by atoms with Crippen LogP contribution in [0.4, 0.5) is 5.13 Å². The zero-order chi connectivity index (χ0) is 12.0. The number of methoxy groups -OCH3 is 1. The maximum absolute atomic E-state index is 10.2. The number of nitrogens with two attached hydrogens (primary N) is 1. The molecule has 1 aromatic rings. The fourth-order valence-electron chi connectivity index (χ4n) is 1.29. The topological polar surface area (TPSA) is 80.4 Å². The molecule has 0 aromatic carbocycles. The van der Waals surface area contributed by atoms with Crippen molar-refractivity contribution >= 4 is 16.5 Å². The third-order valence-corrected chi connectivity index (χ3v) is 3.41. The van der Waals surface area contributed by atoms with E-state index in [1.165, 1.54) is 11.3 Å². The van der Waals surface area contributed by atoms with Crippen LogP contribution < -0.4 is 11.1 Å². The van der Waals surface area contributed by atoms with Gasteiger partial charge in [-0.2, -0.15) is 0 Å². The predicted molar refractivity (Wildman–Crippen MR) is 65.5 cm³/mol. The lowest BCUT2D eigenvalue weighted by molar-refractivity contribution is 0.0510. The second kappa shape index (κ2) is 6.15. The number of anilines is 1. The lowest BCUT2D eigenvalue weighted by Gasteiger charge is -2.21. The Labute approximate surface area is 99.6 Å². The largest absolute Gasteiger partial charge is 0.385 e. The molecular weight excluding hydrogens is 226 g/mol. The molecule has 0 aliphatic rings. The van der Waals surface area contributed by atoms with E-state index >= 15 is 0 Å². The van der Waals surface area contributed by atoms with Crippen molar-refractivity contribution in [3.63, 3.8) is 0 Å². The van der Waals surface area contributed by atoms with Gasteiger partial charge >= 0.3 is 0 Å². The zero-order valence-electron chi connectivity index (χ0n) is 9.69. The van der Waals surface area contributed by atoms with Gasteiger partial charge in [0.25, 0.3) is 0 Å². The molecule has 6 heteroatoms. The number of aliphatic hydroxyl groups is 1. The van der Waals surface area contributed by atoms with Crippen molar-refractivity contribution in [2.24, 2.45) is 0 Å². The molecule has 1 rings (SSSR count). The standard InChI is InChI=1S/C10H19N3O2S/c1-10(14,3-4-12-5-6-15-2)8-7-13-9(11)16-8/h7,12,14H,3-6H2,1-2H3,(H2,11,13). The molecule has 1 heterocycles. The van der Waals surface area contributed by atoms with Gasteiger partial charge in [-0.25, -0.2) is 4.98 Å². The molecule has 1 atom stereocenters. The first-order valence-corrected chi connectivity index (χ1v) is 6.02. The molecule has 1 aromatic heterocycles. The fraction of sp³-hybridized carbons (Fsp3) is 0.700. The van der Waals surface area contributed by atoms with Gasteiger partial charge in [0.05, 0.1) is 17.1 Å². The Morgan fingerprint density at radius 2 is 2.38 bits per heavy atom. The Bertz CT molecular complexity index is 315. The maximum atomic E-state index is 10.2. The number of nitrogen functional groups attached to an aromatic ring is 1. The smallest absolute Gasteiger partial charge is 0.180 e. The lowest BCUT2D eigenvalue weighted by Crippen LogP contribution is -2.28. The zero-order valence-corrected chi connectivity index (χ0v) is 10.5. The van der Waals surface area contributed by atoms with Gasteiger partial charge in [-0.1, -0.05) is 11.3 Å². The van der Waals surface area contributed by atoms with Gasteiger partial charge in [0.1, 0.15) is 0 Å². The number of nitrogens with zero attached hydrogens (tertiary/aromatic N) is 1. The van der Waals surface area contributed by atoms with Crippen molar-refractivity contribution in [1.29, 1.82) is 0 Å². The third kappa shape index (κ3) is 4.05. The molecule has 0 saturated heterocycles. The monoisotopic (exact) mass is 245 g/mol. The summed E-state index contributed by atoms with van der Waals surface area (Å²) in [5, 5.41) is 13.9. The van der Waals surface area contributed by atoms with Crippen LogP contribution >= 0.6 is 11.3 Å². The molecule has 16 heavy (non-hydrogen) atoms. The minimum atomic E-state index is -0.866. The van der Waals surface area contributed by atoms with Crippen LogP contribution in [0.1, 0.15) is 18.2 Å². The first kappa shape index (κ1) is 13.4. The van der Waals surface area contributed by atoms with Crippen LogP contribution in [0, 0.1) is 0 Å². The molecule has 4 N–H and O–H groups in total. The van der Waals surface area contributed by atoms with Gasteiger partial charge in [-0.15, -0.1) is 0 Å². The van der Waals surface area contributed by atoms with Crippen molar-refractivity contribution in [3.05, 3.63) is 11.1 Å². The van der Waals surface area contributed by atoms with Crippen molar-refractivity contribution in [1.82, 2.24) is 10.3 Å². The minimum Gasteiger partial charge on any atom is -0.385 e. The average Bonchev–Trinajstić information content (AvgIpc) is 2.65. The molecule has 0 saturated carbocycles. The summed E-state index contributed by atoms with van der Waals surface area (Å²) in [6, 6.07) is 0. The second-order valence-electron chi connectivity index (χ2n) is 3.83. The van der Waals surface area contributed by atoms with Crippen LogP contribution in [0.5, 0.6) is 0 Å². The molecule has 0 fully saturated rings. The fourth-order valence-corrected chi connectivity index (χ4v) is 2.05. The van der Waals surface area contributed by atoms with Crippen molar-refractivity contribution < 1.29 is 9.84 Å². The first-order chi connectivity index (χ1) is 7.56. The van der Waals surface area contributed by atoms with Crippen LogP contribution in [-0.4, -0.2) is 36.9 Å². The summed E-state index contributed by atoms with van der Waals surface area (Å²) in [4.78, 5) is 4.74. The van der Waals surface area contributed by atoms with E-state index in [2.05, 4.69) is 10.3 Å².